The fourth-order valence-electron chi connectivity index (χ4n) is 9.98. The van der Waals surface area contributed by atoms with E-state index in [1.54, 1.807) is 0 Å². The minimum atomic E-state index is 0.0475. The maximum Gasteiger partial charge on any atom is 0.317 e. The molecule has 8 rings (SSSR count). The maximum absolute atomic E-state index is 13.0. The monoisotopic (exact) mass is 742 g/mol. The van der Waals surface area contributed by atoms with Crippen LogP contribution in [-0.4, -0.2) is 119 Å². The van der Waals surface area contributed by atoms with Crippen LogP contribution in [0.4, 0.5) is 9.59 Å². The number of likely N-dealkylation sites (tertiary alicyclic amines) is 2. The zero-order valence-electron chi connectivity index (χ0n) is 31.4. The number of hydrogen-bond donors (Lipinski definition) is 4. The fourth-order valence-corrected chi connectivity index (χ4v) is 12.4. The molecule has 2 fully saturated rings. The highest BCUT2D eigenvalue weighted by molar-refractivity contribution is 8.76. The average molecular weight is 743 g/mol. The highest BCUT2D eigenvalue weighted by Gasteiger charge is 2.43. The molecule has 10 nitrogen and oxygen atoms in total. The van der Waals surface area contributed by atoms with Crippen LogP contribution in [0, 0.1) is 0 Å². The van der Waals surface area contributed by atoms with Crippen LogP contribution in [0.15, 0.2) is 46.5 Å². The number of benzene rings is 2. The smallest absolute Gasteiger partial charge is 0.317 e. The van der Waals surface area contributed by atoms with E-state index in [1.165, 1.54) is 54.1 Å². The Morgan fingerprint density at radius 1 is 0.692 bits per heavy atom. The summed E-state index contributed by atoms with van der Waals surface area (Å²) in [4.78, 5) is 42.4. The molecule has 2 saturated heterocycles. The third kappa shape index (κ3) is 6.17. The number of carbonyl (C=O) groups is 2. The number of urea groups is 2. The van der Waals surface area contributed by atoms with E-state index in [1.807, 2.05) is 59.1 Å². The topological polar surface area (TPSA) is 103 Å². The molecule has 2 aliphatic carbocycles. The van der Waals surface area contributed by atoms with Crippen molar-refractivity contribution in [3.63, 3.8) is 0 Å². The number of nitrogens with one attached hydrogen (secondary N) is 4. The van der Waals surface area contributed by atoms with Gasteiger partial charge in [0, 0.05) is 97.1 Å². The summed E-state index contributed by atoms with van der Waals surface area (Å²) in [6.45, 7) is 12.8. The van der Waals surface area contributed by atoms with Crippen LogP contribution < -0.4 is 10.6 Å². The van der Waals surface area contributed by atoms with E-state index in [9.17, 15) is 9.59 Å². The number of aromatic nitrogens is 2. The summed E-state index contributed by atoms with van der Waals surface area (Å²) < 4.78 is 0. The van der Waals surface area contributed by atoms with Gasteiger partial charge in [0.05, 0.1) is 10.1 Å². The molecule has 4 aromatic rings. The van der Waals surface area contributed by atoms with Crippen LogP contribution in [0.3, 0.4) is 0 Å². The van der Waals surface area contributed by atoms with E-state index < -0.39 is 0 Å². The number of aromatic amines is 2. The Morgan fingerprint density at radius 3 is 1.48 bits per heavy atom. The Labute approximate surface area is 315 Å². The molecule has 4 heterocycles. The van der Waals surface area contributed by atoms with Gasteiger partial charge in [0.25, 0.3) is 0 Å². The number of hydrogen-bond acceptors (Lipinski definition) is 6. The number of carbonyl (C=O) groups excluding carboxylic acids is 2. The Kier molecular flexibility index (Phi) is 9.95. The van der Waals surface area contributed by atoms with Crippen molar-refractivity contribution in [1.29, 1.82) is 0 Å². The highest BCUT2D eigenvalue weighted by atomic mass is 33.1. The molecule has 6 atom stereocenters. The maximum atomic E-state index is 13.0. The second kappa shape index (κ2) is 14.5. The van der Waals surface area contributed by atoms with Crippen LogP contribution in [0.1, 0.15) is 74.6 Å². The fraction of sp³-hybridized carbons (Fsp3) is 0.550. The number of piperidine rings is 2. The second-order valence-electron chi connectivity index (χ2n) is 15.3. The average Bonchev–Trinajstić information content (AvgIpc) is 3.68. The van der Waals surface area contributed by atoms with E-state index in [0.29, 0.717) is 23.9 Å². The van der Waals surface area contributed by atoms with Crippen molar-refractivity contribution in [2.75, 3.05) is 53.4 Å². The molecule has 4 aliphatic rings. The predicted molar refractivity (Wildman–Crippen MR) is 214 cm³/mol. The molecular formula is C40H54N8O2S2. The quantitative estimate of drug-likeness (QED) is 0.138. The van der Waals surface area contributed by atoms with Crippen molar-refractivity contribution in [3.05, 3.63) is 58.7 Å². The van der Waals surface area contributed by atoms with Crippen molar-refractivity contribution >= 4 is 55.5 Å². The highest BCUT2D eigenvalue weighted by Crippen LogP contribution is 2.51. The number of amides is 4. The van der Waals surface area contributed by atoms with Gasteiger partial charge in [0.1, 0.15) is 0 Å². The van der Waals surface area contributed by atoms with Crippen molar-refractivity contribution in [3.8, 4) is 0 Å². The molecule has 0 radical (unpaired) electrons. The van der Waals surface area contributed by atoms with Gasteiger partial charge < -0.3 is 40.2 Å². The molecule has 2 aromatic carbocycles. The lowest BCUT2D eigenvalue weighted by Gasteiger charge is -2.46. The van der Waals surface area contributed by atoms with Gasteiger partial charge in [-0.15, -0.1) is 0 Å². The van der Waals surface area contributed by atoms with E-state index >= 15 is 0 Å². The lowest BCUT2D eigenvalue weighted by molar-refractivity contribution is 0.123. The molecule has 0 unspecified atom stereocenters. The zero-order chi connectivity index (χ0) is 36.3. The van der Waals surface area contributed by atoms with Gasteiger partial charge in [-0.1, -0.05) is 24.3 Å². The summed E-state index contributed by atoms with van der Waals surface area (Å²) >= 11 is 0. The summed E-state index contributed by atoms with van der Waals surface area (Å²) in [6.07, 6.45) is 3.93. The molecule has 2 aromatic heterocycles. The molecule has 4 N–H and O–H groups in total. The van der Waals surface area contributed by atoms with Gasteiger partial charge in [-0.2, -0.15) is 0 Å². The van der Waals surface area contributed by atoms with Gasteiger partial charge in [-0.25, -0.2) is 9.59 Å². The minimum Gasteiger partial charge on any atom is -0.349 e. The number of rotatable bonds is 9. The molecule has 52 heavy (non-hydrogen) atoms. The second-order valence-corrected chi connectivity index (χ2v) is 17.5. The largest absolute Gasteiger partial charge is 0.349 e. The Morgan fingerprint density at radius 2 is 1.10 bits per heavy atom. The number of fused-ring (bicyclic) bond motifs is 4. The Bertz CT molecular complexity index is 1830. The van der Waals surface area contributed by atoms with Gasteiger partial charge in [-0.05, 0) is 123 Å². The number of likely N-dealkylation sites (N-methyl/N-ethyl adjacent to an activating group) is 2. The normalized spacial score (nSPS) is 25.5. The molecule has 0 bridgehead atoms. The van der Waals surface area contributed by atoms with E-state index in [4.69, 9.17) is 0 Å². The first-order valence-corrected chi connectivity index (χ1v) is 21.5. The summed E-state index contributed by atoms with van der Waals surface area (Å²) in [5.41, 5.74) is 8.10. The Hall–Kier alpha value is -3.32. The molecule has 0 spiro atoms. The molecule has 278 valence electrons. The first-order valence-electron chi connectivity index (χ1n) is 19.3. The van der Waals surface area contributed by atoms with Gasteiger partial charge in [0.15, 0.2) is 0 Å². The minimum absolute atomic E-state index is 0.0475. The summed E-state index contributed by atoms with van der Waals surface area (Å²) in [5.74, 6) is 0.751. The predicted octanol–water partition coefficient (Wildman–Crippen LogP) is 6.98. The van der Waals surface area contributed by atoms with Crippen molar-refractivity contribution in [2.45, 2.75) is 99.4 Å². The molecule has 12 heteroatoms. The van der Waals surface area contributed by atoms with Gasteiger partial charge in [0.2, 0.25) is 0 Å². The number of H-pyrrole nitrogens is 2. The van der Waals surface area contributed by atoms with Crippen molar-refractivity contribution in [1.82, 2.24) is 40.2 Å². The molecular weight excluding hydrogens is 689 g/mol. The SMILES string of the molecule is CCN(CC)C(=O)N[C@H]1C[C@@H]2c3cccc4[nH]c(SSc5[nH]c6cccc7c6c5C[C@@H]5[C@@H]7C[C@H](NC(=O)N(CC)CC)CN5C)c(c34)C[C@H]2N(C)C1. The number of nitrogens with zero attached hydrogens (tertiary/aromatic N) is 4. The third-order valence-corrected chi connectivity index (χ3v) is 15.0. The van der Waals surface area contributed by atoms with Gasteiger partial charge >= 0.3 is 12.1 Å². The lowest BCUT2D eigenvalue weighted by Crippen LogP contribution is -2.56. The van der Waals surface area contributed by atoms with E-state index in [2.05, 4.69) is 80.9 Å². The molecule has 2 aliphatic heterocycles. The van der Waals surface area contributed by atoms with Crippen LogP contribution in [0.5, 0.6) is 0 Å². The summed E-state index contributed by atoms with van der Waals surface area (Å²) in [6, 6.07) is 14.6. The third-order valence-electron chi connectivity index (χ3n) is 12.6. The lowest BCUT2D eigenvalue weighted by atomic mass is 9.74. The Balaban J connectivity index is 1.04. The molecule has 0 saturated carbocycles. The van der Waals surface area contributed by atoms with Gasteiger partial charge in [-0.3, -0.25) is 0 Å². The van der Waals surface area contributed by atoms with Crippen molar-refractivity contribution < 1.29 is 9.59 Å². The van der Waals surface area contributed by atoms with Crippen LogP contribution in [0.25, 0.3) is 21.8 Å². The van der Waals surface area contributed by atoms with Crippen LogP contribution in [0.2, 0.25) is 0 Å². The van der Waals surface area contributed by atoms with Crippen LogP contribution >= 0.6 is 21.6 Å². The summed E-state index contributed by atoms with van der Waals surface area (Å²) in [7, 11) is 8.17. The van der Waals surface area contributed by atoms with E-state index in [0.717, 1.165) is 65.0 Å². The summed E-state index contributed by atoms with van der Waals surface area (Å²) in [5, 5.41) is 12.0. The van der Waals surface area contributed by atoms with Crippen LogP contribution in [-0.2, 0) is 12.8 Å². The zero-order valence-corrected chi connectivity index (χ0v) is 33.1. The molecule has 4 amide bonds. The first kappa shape index (κ1) is 35.7. The van der Waals surface area contributed by atoms with E-state index in [-0.39, 0.29) is 24.1 Å². The van der Waals surface area contributed by atoms with Crippen molar-refractivity contribution in [2.24, 2.45) is 0 Å². The standard InChI is InChI=1S/C40H54N8O2S2/c1-7-47(8-2)39(49)41-23-17-27-25-13-11-15-31-35(25)29(19-33(27)45(5)21-23)37(43-31)51-52-38-30-20-34-28(26-14-12-16-32(44-38)36(26)30)18-24(22-46(34)6)42-40(50)48(9-3)10-4/h11-16,23-24,27-28,33-34,43-44H,7-10,17-22H2,1-6H3,(H,41,49)(H,42,50)/t23-,24-,27+,28+,33+,34+/m0/s1. The first-order chi connectivity index (χ1) is 25.2.